The molecule has 0 aliphatic rings. The van der Waals surface area contributed by atoms with E-state index in [0.29, 0.717) is 22.9 Å². The molecule has 0 heterocycles. The summed E-state index contributed by atoms with van der Waals surface area (Å²) >= 11 is 9.14. The second kappa shape index (κ2) is 5.72. The fraction of sp³-hybridized carbons (Fsp3) is 0.143. The van der Waals surface area contributed by atoms with Crippen LogP contribution >= 0.6 is 27.5 Å². The lowest BCUT2D eigenvalue weighted by Crippen LogP contribution is -1.89. The minimum absolute atomic E-state index is 0.277. The predicted molar refractivity (Wildman–Crippen MR) is 74.9 cm³/mol. The lowest BCUT2D eigenvalue weighted by molar-refractivity contribution is 0.473. The van der Waals surface area contributed by atoms with E-state index in [1.165, 1.54) is 6.07 Å². The standard InChI is InChI=1S/C14H11BrClFO/c1-9-2-4-11(7-13(9)17)18-14-5-3-10(8-16)6-12(14)15/h2-7H,8H2,1H3. The van der Waals surface area contributed by atoms with Crippen molar-refractivity contribution in [2.75, 3.05) is 0 Å². The van der Waals surface area contributed by atoms with Gasteiger partial charge in [0.25, 0.3) is 0 Å². The third kappa shape index (κ3) is 3.03. The van der Waals surface area contributed by atoms with Gasteiger partial charge in [-0.1, -0.05) is 12.1 Å². The average Bonchev–Trinajstić information content (AvgIpc) is 2.36. The van der Waals surface area contributed by atoms with E-state index in [1.54, 1.807) is 25.1 Å². The summed E-state index contributed by atoms with van der Waals surface area (Å²) in [4.78, 5) is 0. The van der Waals surface area contributed by atoms with E-state index in [9.17, 15) is 4.39 Å². The molecule has 0 saturated carbocycles. The van der Waals surface area contributed by atoms with Crippen molar-refractivity contribution >= 4 is 27.5 Å². The third-order valence-electron chi connectivity index (χ3n) is 2.52. The lowest BCUT2D eigenvalue weighted by Gasteiger charge is -2.09. The van der Waals surface area contributed by atoms with Crippen LogP contribution < -0.4 is 4.74 Å². The number of benzene rings is 2. The SMILES string of the molecule is Cc1ccc(Oc2ccc(CCl)cc2Br)cc1F. The Morgan fingerprint density at radius 2 is 2.00 bits per heavy atom. The van der Waals surface area contributed by atoms with Gasteiger partial charge in [-0.15, -0.1) is 11.6 Å². The molecule has 0 N–H and O–H groups in total. The lowest BCUT2D eigenvalue weighted by atomic mass is 10.2. The Hall–Kier alpha value is -1.06. The molecule has 18 heavy (non-hydrogen) atoms. The van der Waals surface area contributed by atoms with E-state index in [1.807, 2.05) is 12.1 Å². The number of alkyl halides is 1. The minimum Gasteiger partial charge on any atom is -0.456 e. The van der Waals surface area contributed by atoms with Gasteiger partial charge in [-0.3, -0.25) is 0 Å². The summed E-state index contributed by atoms with van der Waals surface area (Å²) in [5.41, 5.74) is 1.59. The van der Waals surface area contributed by atoms with Gasteiger partial charge in [-0.2, -0.15) is 0 Å². The van der Waals surface area contributed by atoms with Crippen LogP contribution in [0.2, 0.25) is 0 Å². The zero-order valence-corrected chi connectivity index (χ0v) is 12.1. The highest BCUT2D eigenvalue weighted by Gasteiger charge is 2.06. The highest BCUT2D eigenvalue weighted by Crippen LogP contribution is 2.31. The summed E-state index contributed by atoms with van der Waals surface area (Å²) < 4.78 is 19.8. The molecule has 0 aromatic heterocycles. The van der Waals surface area contributed by atoms with Crippen LogP contribution in [0.15, 0.2) is 40.9 Å². The summed E-state index contributed by atoms with van der Waals surface area (Å²) in [5, 5.41) is 0. The summed E-state index contributed by atoms with van der Waals surface area (Å²) in [5.74, 6) is 1.27. The number of hydrogen-bond acceptors (Lipinski definition) is 1. The van der Waals surface area contributed by atoms with Gasteiger partial charge in [0.05, 0.1) is 4.47 Å². The third-order valence-corrected chi connectivity index (χ3v) is 3.45. The molecule has 0 bridgehead atoms. The molecule has 2 rings (SSSR count). The first-order valence-electron chi connectivity index (χ1n) is 5.38. The van der Waals surface area contributed by atoms with E-state index < -0.39 is 0 Å². The first-order valence-corrected chi connectivity index (χ1v) is 6.71. The fourth-order valence-electron chi connectivity index (χ4n) is 1.47. The van der Waals surface area contributed by atoms with Crippen molar-refractivity contribution in [2.45, 2.75) is 12.8 Å². The van der Waals surface area contributed by atoms with Gasteiger partial charge in [0.2, 0.25) is 0 Å². The van der Waals surface area contributed by atoms with Gasteiger partial charge in [-0.25, -0.2) is 4.39 Å². The van der Waals surface area contributed by atoms with Crippen molar-refractivity contribution in [3.8, 4) is 11.5 Å². The van der Waals surface area contributed by atoms with Crippen LogP contribution in [0.3, 0.4) is 0 Å². The zero-order chi connectivity index (χ0) is 13.1. The molecule has 0 amide bonds. The molecule has 1 nitrogen and oxygen atoms in total. The van der Waals surface area contributed by atoms with Crippen molar-refractivity contribution in [1.29, 1.82) is 0 Å². The van der Waals surface area contributed by atoms with Crippen LogP contribution in [0.4, 0.5) is 4.39 Å². The molecule has 0 radical (unpaired) electrons. The van der Waals surface area contributed by atoms with E-state index >= 15 is 0 Å². The molecule has 0 saturated heterocycles. The van der Waals surface area contributed by atoms with E-state index in [0.717, 1.165) is 10.0 Å². The number of hydrogen-bond donors (Lipinski definition) is 0. The maximum absolute atomic E-state index is 13.4. The summed E-state index contributed by atoms with van der Waals surface area (Å²) in [6.07, 6.45) is 0. The summed E-state index contributed by atoms with van der Waals surface area (Å²) in [6, 6.07) is 10.4. The quantitative estimate of drug-likeness (QED) is 0.682. The van der Waals surface area contributed by atoms with Gasteiger partial charge < -0.3 is 4.74 Å². The van der Waals surface area contributed by atoms with E-state index in [2.05, 4.69) is 15.9 Å². The molecule has 0 aliphatic heterocycles. The molecule has 0 fully saturated rings. The van der Waals surface area contributed by atoms with Crippen molar-refractivity contribution in [1.82, 2.24) is 0 Å². The molecule has 0 atom stereocenters. The van der Waals surface area contributed by atoms with Crippen LogP contribution in [0.1, 0.15) is 11.1 Å². The Labute approximate surface area is 119 Å². The number of rotatable bonds is 3. The molecule has 94 valence electrons. The van der Waals surface area contributed by atoms with Crippen molar-refractivity contribution in [3.63, 3.8) is 0 Å². The Balaban J connectivity index is 2.25. The second-order valence-electron chi connectivity index (χ2n) is 3.91. The number of aryl methyl sites for hydroxylation is 1. The Morgan fingerprint density at radius 1 is 1.22 bits per heavy atom. The first kappa shape index (κ1) is 13.4. The van der Waals surface area contributed by atoms with Crippen molar-refractivity contribution < 1.29 is 9.13 Å². The van der Waals surface area contributed by atoms with Crippen LogP contribution in [0.25, 0.3) is 0 Å². The van der Waals surface area contributed by atoms with Gasteiger partial charge >= 0.3 is 0 Å². The minimum atomic E-state index is -0.277. The Kier molecular flexibility index (Phi) is 4.25. The monoisotopic (exact) mass is 328 g/mol. The highest BCUT2D eigenvalue weighted by atomic mass is 79.9. The normalized spacial score (nSPS) is 10.4. The first-order chi connectivity index (χ1) is 8.60. The Bertz CT molecular complexity index is 572. The Morgan fingerprint density at radius 3 is 2.61 bits per heavy atom. The summed E-state index contributed by atoms with van der Waals surface area (Å²) in [7, 11) is 0. The van der Waals surface area contributed by atoms with Gasteiger partial charge in [-0.05, 0) is 52.2 Å². The van der Waals surface area contributed by atoms with Crippen LogP contribution in [-0.4, -0.2) is 0 Å². The van der Waals surface area contributed by atoms with Gasteiger partial charge in [0.1, 0.15) is 17.3 Å². The summed E-state index contributed by atoms with van der Waals surface area (Å²) in [6.45, 7) is 1.71. The molecule has 2 aromatic rings. The molecule has 2 aromatic carbocycles. The number of ether oxygens (including phenoxy) is 1. The molecular weight excluding hydrogens is 319 g/mol. The topological polar surface area (TPSA) is 9.23 Å². The van der Waals surface area contributed by atoms with Crippen LogP contribution in [-0.2, 0) is 5.88 Å². The number of halogens is 3. The van der Waals surface area contributed by atoms with Crippen LogP contribution in [0, 0.1) is 12.7 Å². The van der Waals surface area contributed by atoms with Gasteiger partial charge in [0.15, 0.2) is 0 Å². The molecule has 0 spiro atoms. The average molecular weight is 330 g/mol. The molecular formula is C14H11BrClFO. The van der Waals surface area contributed by atoms with Gasteiger partial charge in [0, 0.05) is 11.9 Å². The van der Waals surface area contributed by atoms with Crippen molar-refractivity contribution in [3.05, 3.63) is 57.8 Å². The van der Waals surface area contributed by atoms with E-state index in [4.69, 9.17) is 16.3 Å². The van der Waals surface area contributed by atoms with Crippen molar-refractivity contribution in [2.24, 2.45) is 0 Å². The highest BCUT2D eigenvalue weighted by molar-refractivity contribution is 9.10. The maximum atomic E-state index is 13.4. The largest absolute Gasteiger partial charge is 0.456 e. The smallest absolute Gasteiger partial charge is 0.141 e. The van der Waals surface area contributed by atoms with Crippen LogP contribution in [0.5, 0.6) is 11.5 Å². The molecule has 0 aliphatic carbocycles. The maximum Gasteiger partial charge on any atom is 0.141 e. The predicted octanol–water partition coefficient (Wildman–Crippen LogP) is 5.43. The second-order valence-corrected chi connectivity index (χ2v) is 5.03. The zero-order valence-electron chi connectivity index (χ0n) is 9.71. The molecule has 4 heteroatoms. The van der Waals surface area contributed by atoms with E-state index in [-0.39, 0.29) is 5.82 Å². The fourth-order valence-corrected chi connectivity index (χ4v) is 2.15. The molecule has 0 unspecified atom stereocenters.